The molecule has 0 radical (unpaired) electrons. The number of hydrogen-bond acceptors (Lipinski definition) is 10. The maximum absolute atomic E-state index is 12.0. The van der Waals surface area contributed by atoms with Crippen LogP contribution in [-0.2, 0) is 9.09 Å². The lowest BCUT2D eigenvalue weighted by molar-refractivity contribution is 0.0404. The molecule has 8 bridgehead atoms. The summed E-state index contributed by atoms with van der Waals surface area (Å²) in [4.78, 5) is 9.85. The summed E-state index contributed by atoms with van der Waals surface area (Å²) in [5.41, 5.74) is 0. The summed E-state index contributed by atoms with van der Waals surface area (Å²) in [7, 11) is -2.63. The molecule has 9 aliphatic rings. The van der Waals surface area contributed by atoms with Crippen molar-refractivity contribution in [2.45, 2.75) is 152 Å². The van der Waals surface area contributed by atoms with E-state index in [0.717, 1.165) is 19.3 Å². The summed E-state index contributed by atoms with van der Waals surface area (Å²) in [5, 5.41) is 33.0. The molecule has 12 heteroatoms. The second kappa shape index (κ2) is 12.3. The van der Waals surface area contributed by atoms with Crippen molar-refractivity contribution in [3.8, 4) is 0 Å². The van der Waals surface area contributed by atoms with Gasteiger partial charge < -0.3 is 0 Å². The SMILES string of the molecule is O=[P+](O)OC1CCCC2C3NC4NC(NC5NC(NC6NC(NC(N3)C12)C1CCCCC61)C1CCCCC51)C1CCCCC41. The average Bonchev–Trinajstić information content (AvgIpc) is 3.77. The molecule has 0 amide bonds. The highest BCUT2D eigenvalue weighted by Gasteiger charge is 2.56. The molecule has 0 aromatic heterocycles. The van der Waals surface area contributed by atoms with Gasteiger partial charge in [-0.1, -0.05) is 44.9 Å². The maximum atomic E-state index is 12.0. The van der Waals surface area contributed by atoms with Crippen LogP contribution in [0.4, 0.5) is 0 Å². The summed E-state index contributed by atoms with van der Waals surface area (Å²) in [6.07, 6.45) is 20.4. The molecule has 5 aliphatic heterocycles. The van der Waals surface area contributed by atoms with Gasteiger partial charge in [-0.2, -0.15) is 0 Å². The number of hydrogen-bond donors (Lipinski definition) is 9. The van der Waals surface area contributed by atoms with Crippen LogP contribution >= 0.6 is 8.25 Å². The minimum absolute atomic E-state index is 0.0265. The van der Waals surface area contributed by atoms with Crippen LogP contribution in [0.2, 0.25) is 0 Å². The fourth-order valence-corrected chi connectivity index (χ4v) is 12.7. The smallest absolute Gasteiger partial charge is 0.286 e. The van der Waals surface area contributed by atoms with Crippen LogP contribution in [0.25, 0.3) is 0 Å². The van der Waals surface area contributed by atoms with Gasteiger partial charge in [0, 0.05) is 10.5 Å². The summed E-state index contributed by atoms with van der Waals surface area (Å²) >= 11 is 0. The molecule has 11 nitrogen and oxygen atoms in total. The molecule has 4 saturated carbocycles. The van der Waals surface area contributed by atoms with E-state index >= 15 is 0 Å². The van der Waals surface area contributed by atoms with E-state index in [-0.39, 0.29) is 42.9 Å². The molecule has 9 N–H and O–H groups in total. The third-order valence-corrected chi connectivity index (χ3v) is 14.5. The van der Waals surface area contributed by atoms with Crippen molar-refractivity contribution in [3.05, 3.63) is 0 Å². The minimum atomic E-state index is -2.63. The van der Waals surface area contributed by atoms with E-state index < -0.39 is 8.25 Å². The molecule has 5 saturated heterocycles. The molecule has 0 aromatic rings. The van der Waals surface area contributed by atoms with E-state index in [1.807, 2.05) is 0 Å². The highest BCUT2D eigenvalue weighted by Crippen LogP contribution is 2.47. The third-order valence-electron chi connectivity index (χ3n) is 14.1. The van der Waals surface area contributed by atoms with Gasteiger partial charge in [0.15, 0.2) is 0 Å². The van der Waals surface area contributed by atoms with Crippen molar-refractivity contribution >= 4 is 8.25 Å². The second-order valence-electron chi connectivity index (χ2n) is 16.0. The van der Waals surface area contributed by atoms with Crippen molar-refractivity contribution in [2.75, 3.05) is 0 Å². The first-order valence-electron chi connectivity index (χ1n) is 18.5. The topological polar surface area (TPSA) is 143 Å². The molecule has 246 valence electrons. The molecule has 18 atom stereocenters. The summed E-state index contributed by atoms with van der Waals surface area (Å²) in [6.45, 7) is 0. The Balaban J connectivity index is 1.06. The first-order valence-corrected chi connectivity index (χ1v) is 19.6. The van der Waals surface area contributed by atoms with E-state index in [1.54, 1.807) is 0 Å². The van der Waals surface area contributed by atoms with Gasteiger partial charge in [-0.25, -0.2) is 0 Å². The Hall–Kier alpha value is -0.300. The van der Waals surface area contributed by atoms with Gasteiger partial charge in [0.25, 0.3) is 0 Å². The highest BCUT2D eigenvalue weighted by molar-refractivity contribution is 7.32. The van der Waals surface area contributed by atoms with Gasteiger partial charge >= 0.3 is 8.25 Å². The molecule has 9 rings (SSSR count). The Morgan fingerprint density at radius 3 is 1.05 bits per heavy atom. The lowest BCUT2D eigenvalue weighted by atomic mass is 9.75. The summed E-state index contributed by atoms with van der Waals surface area (Å²) in [5.74, 6) is 4.31. The van der Waals surface area contributed by atoms with E-state index in [9.17, 15) is 9.46 Å². The fraction of sp³-hybridized carbons (Fsp3) is 1.00. The standard InChI is InChI=1S/C32H55N8O3P/c41-44(42)43-23-15-7-14-22-24(23)32-39-30-21-13-6-5-12-20(21)28(37-30)35-26-17-9-2-1-8-16(17)25(33-26)34-27-18-10-3-4-11-19(18)29(36-27)38-31(22)40-32/h16-40H,1-15H2/p+1. The van der Waals surface area contributed by atoms with Crippen molar-refractivity contribution in [1.82, 2.24) is 42.5 Å². The Kier molecular flexibility index (Phi) is 8.33. The zero-order chi connectivity index (χ0) is 29.4. The Bertz CT molecular complexity index is 1070. The second-order valence-corrected chi connectivity index (χ2v) is 16.7. The monoisotopic (exact) mass is 631 g/mol. The molecular weight excluding hydrogens is 575 g/mol. The normalized spacial score (nSPS) is 55.5. The molecule has 0 aromatic carbocycles. The first-order chi connectivity index (χ1) is 21.6. The zero-order valence-corrected chi connectivity index (χ0v) is 27.0. The summed E-state index contributed by atoms with van der Waals surface area (Å²) < 4.78 is 17.8. The minimum Gasteiger partial charge on any atom is -0.286 e. The Morgan fingerprint density at radius 2 is 0.705 bits per heavy atom. The van der Waals surface area contributed by atoms with E-state index in [4.69, 9.17) is 4.52 Å². The van der Waals surface area contributed by atoms with Crippen LogP contribution in [0.1, 0.15) is 96.3 Å². The lowest BCUT2D eigenvalue weighted by Gasteiger charge is -2.37. The molecule has 18 unspecified atom stereocenters. The average molecular weight is 632 g/mol. The van der Waals surface area contributed by atoms with Crippen LogP contribution in [-0.4, -0.2) is 60.3 Å². The number of fused-ring (bicyclic) bond motifs is 20. The van der Waals surface area contributed by atoms with E-state index in [0.29, 0.717) is 59.9 Å². The maximum Gasteiger partial charge on any atom is 0.695 e. The number of rotatable bonds is 2. The van der Waals surface area contributed by atoms with Crippen molar-refractivity contribution in [1.29, 1.82) is 0 Å². The first kappa shape index (κ1) is 29.8. The van der Waals surface area contributed by atoms with Crippen LogP contribution in [0.15, 0.2) is 0 Å². The van der Waals surface area contributed by atoms with Crippen LogP contribution in [0.5, 0.6) is 0 Å². The van der Waals surface area contributed by atoms with Gasteiger partial charge in [-0.05, 0) is 92.8 Å². The van der Waals surface area contributed by atoms with Gasteiger partial charge in [0.2, 0.25) is 0 Å². The predicted octanol–water partition coefficient (Wildman–Crippen LogP) is 2.25. The Labute approximate surface area is 263 Å². The van der Waals surface area contributed by atoms with Crippen LogP contribution in [0, 0.1) is 47.3 Å². The highest BCUT2D eigenvalue weighted by atomic mass is 31.1. The fourth-order valence-electron chi connectivity index (χ4n) is 12.2. The predicted molar refractivity (Wildman–Crippen MR) is 167 cm³/mol. The molecule has 4 aliphatic carbocycles. The molecule has 9 fully saturated rings. The van der Waals surface area contributed by atoms with Crippen molar-refractivity contribution in [2.24, 2.45) is 47.3 Å². The molecule has 44 heavy (non-hydrogen) atoms. The van der Waals surface area contributed by atoms with Gasteiger partial charge in [0.05, 0.1) is 49.3 Å². The molecule has 0 spiro atoms. The van der Waals surface area contributed by atoms with Gasteiger partial charge in [-0.15, -0.1) is 9.42 Å². The third kappa shape index (κ3) is 5.25. The van der Waals surface area contributed by atoms with E-state index in [2.05, 4.69) is 42.5 Å². The number of nitrogens with one attached hydrogen (secondary N) is 8. The summed E-state index contributed by atoms with van der Waals surface area (Å²) in [6, 6.07) is 0. The van der Waals surface area contributed by atoms with Gasteiger partial charge in [0.1, 0.15) is 6.10 Å². The van der Waals surface area contributed by atoms with Crippen LogP contribution < -0.4 is 42.5 Å². The van der Waals surface area contributed by atoms with Gasteiger partial charge in [-0.3, -0.25) is 42.5 Å². The zero-order valence-electron chi connectivity index (χ0n) is 26.1. The molecule has 5 heterocycles. The van der Waals surface area contributed by atoms with E-state index in [1.165, 1.54) is 77.0 Å². The van der Waals surface area contributed by atoms with Crippen LogP contribution in [0.3, 0.4) is 0 Å². The quantitative estimate of drug-likeness (QED) is 0.207. The Morgan fingerprint density at radius 1 is 0.409 bits per heavy atom. The lowest BCUT2D eigenvalue weighted by Crippen LogP contribution is -2.62. The molecular formula is C32H56N8O3P+. The van der Waals surface area contributed by atoms with Crippen molar-refractivity contribution < 1.29 is 14.0 Å². The largest absolute Gasteiger partial charge is 0.695 e. The van der Waals surface area contributed by atoms with Crippen molar-refractivity contribution in [3.63, 3.8) is 0 Å².